The van der Waals surface area contributed by atoms with Crippen LogP contribution in [0.25, 0.3) is 0 Å². The van der Waals surface area contributed by atoms with Crippen LogP contribution in [-0.4, -0.2) is 165 Å². The van der Waals surface area contributed by atoms with Crippen molar-refractivity contribution in [3.05, 3.63) is 65.7 Å². The number of hydrogen-bond acceptors (Lipinski definition) is 16. The van der Waals surface area contributed by atoms with E-state index in [0.29, 0.717) is 24.0 Å². The van der Waals surface area contributed by atoms with Crippen molar-refractivity contribution in [2.75, 3.05) is 6.54 Å². The zero-order chi connectivity index (χ0) is 67.2. The van der Waals surface area contributed by atoms with E-state index in [1.807, 2.05) is 6.92 Å². The topological polar surface area (TPSA) is 472 Å². The highest BCUT2D eigenvalue weighted by Crippen LogP contribution is 2.16. The molecular formula is C61H96N12O16. The number of hydrogen-bond donors (Lipinski definition) is 16. The van der Waals surface area contributed by atoms with Crippen LogP contribution >= 0.6 is 0 Å². The van der Waals surface area contributed by atoms with Crippen LogP contribution in [0.15, 0.2) is 54.6 Å². The van der Waals surface area contributed by atoms with Crippen molar-refractivity contribution < 1.29 is 78.0 Å². The summed E-state index contributed by atoms with van der Waals surface area (Å²) in [7, 11) is 0. The summed E-state index contributed by atoms with van der Waals surface area (Å²) in [5.41, 5.74) is 18.3. The van der Waals surface area contributed by atoms with Gasteiger partial charge in [-0.05, 0) is 105 Å². The SMILES string of the molecule is CC[C@H](C)[C@H](N)C(=O)N[C@@H](CCC(N)=O)C(=O)N[C@@H](Cc1ccccc1)C(=O)N[C@@H](CC(C)C)C(=O)N[C@H](C(=O)N[C@@H](Cc1ccc(O)cc1)C(=O)N[C@@H](CCCCN)C(=O)N[C@@H](CC(C)C)C(=O)N[C@H](C(=O)N[C@@H](CCC(=O)O)C(=O)O)C(C)C)[C@@H](C)O. The molecule has 0 bridgehead atoms. The number of carbonyl (C=O) groups excluding carboxylic acids is 10. The average molecular weight is 1250 g/mol. The average Bonchev–Trinajstić information content (AvgIpc) is 2.48. The van der Waals surface area contributed by atoms with Crippen molar-refractivity contribution in [1.29, 1.82) is 0 Å². The highest BCUT2D eigenvalue weighted by Gasteiger charge is 2.38. The van der Waals surface area contributed by atoms with Crippen LogP contribution in [0.1, 0.15) is 138 Å². The molecule has 0 aromatic heterocycles. The van der Waals surface area contributed by atoms with E-state index in [1.165, 1.54) is 31.2 Å². The zero-order valence-electron chi connectivity index (χ0n) is 52.5. The molecule has 0 fully saturated rings. The molecule has 12 atom stereocenters. The number of carbonyl (C=O) groups is 12. The quantitative estimate of drug-likeness (QED) is 0.0369. The molecule has 0 aliphatic rings. The minimum absolute atomic E-state index is 0.0119. The van der Waals surface area contributed by atoms with Gasteiger partial charge >= 0.3 is 11.9 Å². The van der Waals surface area contributed by atoms with Crippen molar-refractivity contribution in [3.63, 3.8) is 0 Å². The summed E-state index contributed by atoms with van der Waals surface area (Å²) in [5.74, 6) is -13.1. The van der Waals surface area contributed by atoms with Gasteiger partial charge in [-0.25, -0.2) is 4.79 Å². The van der Waals surface area contributed by atoms with E-state index in [-0.39, 0.29) is 81.4 Å². The molecular weight excluding hydrogens is 1160 g/mol. The van der Waals surface area contributed by atoms with Gasteiger partial charge in [-0.3, -0.25) is 52.7 Å². The summed E-state index contributed by atoms with van der Waals surface area (Å²) in [5, 5.41) is 63.2. The number of aromatic hydroxyl groups is 1. The Morgan fingerprint density at radius 2 is 0.876 bits per heavy atom. The number of nitrogens with one attached hydrogen (secondary N) is 9. The lowest BCUT2D eigenvalue weighted by Gasteiger charge is -2.30. The smallest absolute Gasteiger partial charge is 0.326 e. The third-order valence-electron chi connectivity index (χ3n) is 14.6. The monoisotopic (exact) mass is 1250 g/mol. The number of aliphatic hydroxyl groups is 1. The summed E-state index contributed by atoms with van der Waals surface area (Å²) < 4.78 is 0. The highest BCUT2D eigenvalue weighted by atomic mass is 16.4. The fourth-order valence-corrected chi connectivity index (χ4v) is 9.22. The predicted octanol–water partition coefficient (Wildman–Crippen LogP) is -0.613. The van der Waals surface area contributed by atoms with Crippen LogP contribution in [0.5, 0.6) is 5.75 Å². The summed E-state index contributed by atoms with van der Waals surface area (Å²) >= 11 is 0. The Kier molecular flexibility index (Phi) is 33.6. The van der Waals surface area contributed by atoms with Gasteiger partial charge in [0.05, 0.1) is 12.1 Å². The summed E-state index contributed by atoms with van der Waals surface area (Å²) in [6.45, 7) is 15.1. The highest BCUT2D eigenvalue weighted by molar-refractivity contribution is 5.99. The molecule has 10 amide bonds. The van der Waals surface area contributed by atoms with E-state index in [1.54, 1.807) is 78.8 Å². The molecule has 2 aromatic rings. The van der Waals surface area contributed by atoms with Crippen LogP contribution in [0.2, 0.25) is 0 Å². The van der Waals surface area contributed by atoms with Crippen molar-refractivity contribution >= 4 is 71.0 Å². The number of unbranched alkanes of at least 4 members (excludes halogenated alkanes) is 1. The summed E-state index contributed by atoms with van der Waals surface area (Å²) in [4.78, 5) is 162. The minimum Gasteiger partial charge on any atom is -0.508 e. The first-order chi connectivity index (χ1) is 41.8. The maximum atomic E-state index is 14.6. The number of carboxylic acids is 2. The summed E-state index contributed by atoms with van der Waals surface area (Å²) in [6.07, 6.45) is -2.50. The largest absolute Gasteiger partial charge is 0.508 e. The van der Waals surface area contributed by atoms with Gasteiger partial charge in [-0.2, -0.15) is 0 Å². The Morgan fingerprint density at radius 3 is 1.33 bits per heavy atom. The molecule has 496 valence electrons. The van der Waals surface area contributed by atoms with Gasteiger partial charge < -0.3 is 85.5 Å². The van der Waals surface area contributed by atoms with Crippen molar-refractivity contribution in [2.45, 2.75) is 206 Å². The Hall–Kier alpha value is -8.24. The number of phenols is 1. The number of benzene rings is 2. The molecule has 0 saturated carbocycles. The van der Waals surface area contributed by atoms with Gasteiger partial charge in [0, 0.05) is 25.7 Å². The lowest BCUT2D eigenvalue weighted by Crippen LogP contribution is -2.62. The lowest BCUT2D eigenvalue weighted by molar-refractivity contribution is -0.144. The number of aliphatic hydroxyl groups excluding tert-OH is 1. The van der Waals surface area contributed by atoms with E-state index in [0.717, 1.165) is 0 Å². The minimum atomic E-state index is -1.81. The molecule has 0 aliphatic carbocycles. The first-order valence-corrected chi connectivity index (χ1v) is 30.2. The molecule has 0 aliphatic heterocycles. The number of phenolic OH excluding ortho intramolecular Hbond substituents is 1. The second-order valence-electron chi connectivity index (χ2n) is 23.7. The van der Waals surface area contributed by atoms with Gasteiger partial charge in [-0.1, -0.05) is 104 Å². The molecule has 0 spiro atoms. The molecule has 0 heterocycles. The van der Waals surface area contributed by atoms with E-state index >= 15 is 0 Å². The second kappa shape index (κ2) is 38.9. The molecule has 28 nitrogen and oxygen atoms in total. The van der Waals surface area contributed by atoms with Gasteiger partial charge in [-0.15, -0.1) is 0 Å². The van der Waals surface area contributed by atoms with Gasteiger partial charge in [0.1, 0.15) is 60.1 Å². The molecule has 89 heavy (non-hydrogen) atoms. The normalized spacial score (nSPS) is 15.4. The number of carboxylic acid groups (broad SMARTS) is 2. The Labute approximate surface area is 519 Å². The van der Waals surface area contributed by atoms with Gasteiger partial charge in [0.2, 0.25) is 59.1 Å². The Morgan fingerprint density at radius 1 is 0.472 bits per heavy atom. The molecule has 19 N–H and O–H groups in total. The third kappa shape index (κ3) is 28.2. The van der Waals surface area contributed by atoms with Gasteiger partial charge in [0.25, 0.3) is 0 Å². The van der Waals surface area contributed by atoms with Crippen LogP contribution < -0.4 is 65.1 Å². The van der Waals surface area contributed by atoms with Gasteiger partial charge in [0.15, 0.2) is 0 Å². The van der Waals surface area contributed by atoms with Crippen LogP contribution in [0, 0.1) is 23.7 Å². The molecule has 28 heteroatoms. The number of rotatable bonds is 41. The fraction of sp³-hybridized carbons (Fsp3) is 0.607. The van der Waals surface area contributed by atoms with Crippen molar-refractivity contribution in [1.82, 2.24) is 47.9 Å². The number of primary amides is 1. The number of nitrogens with two attached hydrogens (primary N) is 3. The van der Waals surface area contributed by atoms with Crippen molar-refractivity contribution in [2.24, 2.45) is 40.9 Å². The number of aliphatic carboxylic acids is 2. The van der Waals surface area contributed by atoms with Crippen molar-refractivity contribution in [3.8, 4) is 5.75 Å². The Balaban J connectivity index is 2.56. The first kappa shape index (κ1) is 76.9. The lowest BCUT2D eigenvalue weighted by atomic mass is 9.98. The molecule has 0 saturated heterocycles. The van der Waals surface area contributed by atoms with Crippen LogP contribution in [-0.2, 0) is 70.4 Å². The maximum absolute atomic E-state index is 14.6. The Bertz CT molecular complexity index is 2680. The molecule has 2 rings (SSSR count). The van der Waals surface area contributed by atoms with E-state index < -0.39 is 156 Å². The van der Waals surface area contributed by atoms with E-state index in [4.69, 9.17) is 22.3 Å². The maximum Gasteiger partial charge on any atom is 0.326 e. The first-order valence-electron chi connectivity index (χ1n) is 30.2. The standard InChI is InChI=1S/C61H96N12O16/c1-10-35(8)49(64)58(85)66-41(23-25-47(63)76)53(80)70-45(30-37-16-12-11-13-17-37)55(82)69-44(29-33(4)5)57(84)73-51(36(9)74)60(87)71-46(31-38-19-21-39(75)22-20-38)54(81)65-40(18-14-15-27-62)52(79)68-43(28-32(2)3)56(83)72-50(34(6)7)59(86)67-42(61(88)89)24-26-48(77)78/h11-13,16-17,19-22,32-36,40-46,49-51,74-75H,10,14-15,18,23-31,62,64H2,1-9H3,(H2,63,76)(H,65,81)(H,66,85)(H,67,86)(H,68,79)(H,69,82)(H,70,80)(H,71,87)(H,72,83)(H,73,84)(H,77,78)(H,88,89)/t35-,36+,40-,41-,42-,43-,44-,45-,46-,49-,50-,51-/m0/s1. The van der Waals surface area contributed by atoms with Crippen LogP contribution in [0.4, 0.5) is 0 Å². The number of amides is 10. The van der Waals surface area contributed by atoms with Crippen LogP contribution in [0.3, 0.4) is 0 Å². The van der Waals surface area contributed by atoms with E-state index in [9.17, 15) is 72.9 Å². The molecule has 0 unspecified atom stereocenters. The molecule has 0 radical (unpaired) electrons. The predicted molar refractivity (Wildman–Crippen MR) is 328 cm³/mol. The second-order valence-corrected chi connectivity index (χ2v) is 23.7. The molecule has 2 aromatic carbocycles. The van der Waals surface area contributed by atoms with E-state index in [2.05, 4.69) is 47.9 Å². The fourth-order valence-electron chi connectivity index (χ4n) is 9.22. The third-order valence-corrected chi connectivity index (χ3v) is 14.6. The zero-order valence-corrected chi connectivity index (χ0v) is 52.5. The summed E-state index contributed by atoms with van der Waals surface area (Å²) in [6, 6.07) is -0.167.